The lowest BCUT2D eigenvalue weighted by atomic mass is 10.0. The van der Waals surface area contributed by atoms with Gasteiger partial charge in [0.05, 0.1) is 23.6 Å². The van der Waals surface area contributed by atoms with E-state index in [2.05, 4.69) is 5.32 Å². The zero-order chi connectivity index (χ0) is 26.7. The van der Waals surface area contributed by atoms with Gasteiger partial charge >= 0.3 is 6.18 Å². The summed E-state index contributed by atoms with van der Waals surface area (Å²) < 4.78 is 44.8. The van der Waals surface area contributed by atoms with Gasteiger partial charge in [0, 0.05) is 5.69 Å². The SMILES string of the molecule is Cc1ccc(N2C(=O)C(Cc3cccc(C(F)(F)F)c3)S/C2=C(/C#N)C(=O)NCc2ccco2)cc1C. The summed E-state index contributed by atoms with van der Waals surface area (Å²) in [6.45, 7) is 3.83. The predicted octanol–water partition coefficient (Wildman–Crippen LogP) is 5.66. The first-order valence-corrected chi connectivity index (χ1v) is 12.2. The summed E-state index contributed by atoms with van der Waals surface area (Å²) in [6.07, 6.45) is -3.07. The number of nitriles is 1. The summed E-state index contributed by atoms with van der Waals surface area (Å²) in [5.41, 5.74) is 1.60. The Kier molecular flexibility index (Phi) is 7.45. The fraction of sp³-hybridized carbons (Fsp3) is 0.222. The van der Waals surface area contributed by atoms with Crippen molar-refractivity contribution in [3.05, 3.63) is 99.5 Å². The van der Waals surface area contributed by atoms with E-state index in [0.717, 1.165) is 35.0 Å². The zero-order valence-corrected chi connectivity index (χ0v) is 20.7. The van der Waals surface area contributed by atoms with E-state index in [0.29, 0.717) is 17.0 Å². The van der Waals surface area contributed by atoms with Gasteiger partial charge in [0.15, 0.2) is 0 Å². The molecule has 1 saturated heterocycles. The number of carbonyl (C=O) groups excluding carboxylic acids is 2. The molecule has 1 atom stereocenters. The van der Waals surface area contributed by atoms with Crippen LogP contribution in [0, 0.1) is 25.2 Å². The van der Waals surface area contributed by atoms with Crippen LogP contribution in [0.4, 0.5) is 18.9 Å². The minimum absolute atomic E-state index is 0.00894. The summed E-state index contributed by atoms with van der Waals surface area (Å²) >= 11 is 0.992. The lowest BCUT2D eigenvalue weighted by Gasteiger charge is -2.20. The molecule has 0 radical (unpaired) electrons. The smallest absolute Gasteiger partial charge is 0.416 e. The Morgan fingerprint density at radius 2 is 1.92 bits per heavy atom. The van der Waals surface area contributed by atoms with Crippen molar-refractivity contribution in [3.8, 4) is 6.07 Å². The molecule has 1 unspecified atom stereocenters. The fourth-order valence-electron chi connectivity index (χ4n) is 3.84. The molecule has 0 bridgehead atoms. The predicted molar refractivity (Wildman–Crippen MR) is 133 cm³/mol. The molecule has 0 spiro atoms. The van der Waals surface area contributed by atoms with Crippen molar-refractivity contribution in [1.29, 1.82) is 5.26 Å². The Balaban J connectivity index is 1.70. The van der Waals surface area contributed by atoms with E-state index >= 15 is 0 Å². The van der Waals surface area contributed by atoms with E-state index in [1.54, 1.807) is 24.3 Å². The van der Waals surface area contributed by atoms with Crippen molar-refractivity contribution in [3.63, 3.8) is 0 Å². The number of carbonyl (C=O) groups is 2. The highest BCUT2D eigenvalue weighted by atomic mass is 32.2. The van der Waals surface area contributed by atoms with Crippen molar-refractivity contribution < 1.29 is 27.2 Å². The van der Waals surface area contributed by atoms with Crippen molar-refractivity contribution in [1.82, 2.24) is 5.32 Å². The van der Waals surface area contributed by atoms with E-state index < -0.39 is 28.8 Å². The van der Waals surface area contributed by atoms with Gasteiger partial charge < -0.3 is 9.73 Å². The zero-order valence-electron chi connectivity index (χ0n) is 19.9. The van der Waals surface area contributed by atoms with Gasteiger partial charge in [-0.2, -0.15) is 18.4 Å². The number of rotatable bonds is 6. The van der Waals surface area contributed by atoms with E-state index in [4.69, 9.17) is 4.42 Å². The molecule has 2 amide bonds. The largest absolute Gasteiger partial charge is 0.467 e. The third-order valence-electron chi connectivity index (χ3n) is 5.93. The maximum atomic E-state index is 13.6. The minimum Gasteiger partial charge on any atom is -0.467 e. The number of halogens is 3. The van der Waals surface area contributed by atoms with E-state index in [9.17, 15) is 28.0 Å². The van der Waals surface area contributed by atoms with Gasteiger partial charge in [0.25, 0.3) is 5.91 Å². The number of thioether (sulfide) groups is 1. The summed E-state index contributed by atoms with van der Waals surface area (Å²) in [7, 11) is 0. The van der Waals surface area contributed by atoms with Crippen LogP contribution in [-0.4, -0.2) is 17.1 Å². The maximum absolute atomic E-state index is 13.6. The van der Waals surface area contributed by atoms with Gasteiger partial charge in [-0.05, 0) is 67.3 Å². The number of hydrogen-bond acceptors (Lipinski definition) is 5. The van der Waals surface area contributed by atoms with Crippen LogP contribution in [0.5, 0.6) is 0 Å². The Morgan fingerprint density at radius 1 is 1.14 bits per heavy atom. The highest BCUT2D eigenvalue weighted by Gasteiger charge is 2.41. The van der Waals surface area contributed by atoms with Gasteiger partial charge in [-0.1, -0.05) is 36.0 Å². The molecule has 1 aliphatic rings. The molecule has 1 aromatic heterocycles. The molecule has 37 heavy (non-hydrogen) atoms. The van der Waals surface area contributed by atoms with Gasteiger partial charge in [0.2, 0.25) is 5.91 Å². The normalized spacial score (nSPS) is 17.0. The third-order valence-corrected chi connectivity index (χ3v) is 7.20. The van der Waals surface area contributed by atoms with Crippen LogP contribution in [0.3, 0.4) is 0 Å². The molecule has 6 nitrogen and oxygen atoms in total. The summed E-state index contributed by atoms with van der Waals surface area (Å²) in [4.78, 5) is 27.9. The number of amides is 2. The number of benzene rings is 2. The molecular weight excluding hydrogens is 503 g/mol. The minimum atomic E-state index is -4.51. The van der Waals surface area contributed by atoms with Gasteiger partial charge in [-0.3, -0.25) is 14.5 Å². The number of hydrogen-bond donors (Lipinski definition) is 1. The quantitative estimate of drug-likeness (QED) is 0.332. The molecule has 0 saturated carbocycles. The molecule has 190 valence electrons. The highest BCUT2D eigenvalue weighted by molar-refractivity contribution is 8.05. The Labute approximate surface area is 215 Å². The van der Waals surface area contributed by atoms with Crippen LogP contribution in [0.25, 0.3) is 0 Å². The molecular formula is C27H22F3N3O3S. The fourth-order valence-corrected chi connectivity index (χ4v) is 5.15. The molecule has 1 N–H and O–H groups in total. The number of nitrogens with one attached hydrogen (secondary N) is 1. The average molecular weight is 526 g/mol. The van der Waals surface area contributed by atoms with Crippen molar-refractivity contribution in [2.75, 3.05) is 4.90 Å². The number of alkyl halides is 3. The standard InChI is InChI=1S/C27H22F3N3O3S/c1-16-8-9-20(11-17(16)2)33-25(35)23(13-18-5-3-6-19(12-18)27(28,29)30)37-26(33)22(14-31)24(34)32-15-21-7-4-10-36-21/h3-12,23H,13,15H2,1-2H3,(H,32,34)/b26-22-. The van der Waals surface area contributed by atoms with Gasteiger partial charge in [-0.15, -0.1) is 0 Å². The van der Waals surface area contributed by atoms with Gasteiger partial charge in [-0.25, -0.2) is 0 Å². The second-order valence-corrected chi connectivity index (χ2v) is 9.70. The van der Waals surface area contributed by atoms with Crippen LogP contribution < -0.4 is 10.2 Å². The molecule has 10 heteroatoms. The van der Waals surface area contributed by atoms with Crippen LogP contribution in [0.1, 0.15) is 28.0 Å². The number of furan rings is 1. The average Bonchev–Trinajstić information content (AvgIpc) is 3.48. The first-order chi connectivity index (χ1) is 17.6. The summed E-state index contributed by atoms with van der Waals surface area (Å²) in [5.74, 6) is -0.630. The highest BCUT2D eigenvalue weighted by Crippen LogP contribution is 2.42. The second-order valence-electron chi connectivity index (χ2n) is 8.50. The first kappa shape index (κ1) is 26.1. The molecule has 3 aromatic rings. The number of nitrogens with zero attached hydrogens (tertiary/aromatic N) is 2. The molecule has 1 fully saturated rings. The Morgan fingerprint density at radius 3 is 2.57 bits per heavy atom. The lowest BCUT2D eigenvalue weighted by molar-refractivity contribution is -0.137. The molecule has 2 heterocycles. The van der Waals surface area contributed by atoms with Crippen LogP contribution >= 0.6 is 11.8 Å². The molecule has 1 aliphatic heterocycles. The third kappa shape index (κ3) is 5.73. The summed E-state index contributed by atoms with van der Waals surface area (Å²) in [6, 6.07) is 15.3. The molecule has 4 rings (SSSR count). The van der Waals surface area contributed by atoms with Crippen molar-refractivity contribution in [2.24, 2.45) is 0 Å². The maximum Gasteiger partial charge on any atom is 0.416 e. The van der Waals surface area contributed by atoms with E-state index in [1.165, 1.54) is 23.3 Å². The summed E-state index contributed by atoms with van der Waals surface area (Å²) in [5, 5.41) is 11.8. The Bertz CT molecular complexity index is 1410. The van der Waals surface area contributed by atoms with Crippen LogP contribution in [-0.2, 0) is 28.7 Å². The Hall–Kier alpha value is -3.97. The van der Waals surface area contributed by atoms with Crippen LogP contribution in [0.2, 0.25) is 0 Å². The lowest BCUT2D eigenvalue weighted by Crippen LogP contribution is -2.32. The number of aryl methyl sites for hydroxylation is 2. The van der Waals surface area contributed by atoms with Gasteiger partial charge in [0.1, 0.15) is 22.4 Å². The topological polar surface area (TPSA) is 86.3 Å². The second kappa shape index (κ2) is 10.6. The van der Waals surface area contributed by atoms with Crippen LogP contribution in [0.15, 0.2) is 75.9 Å². The van der Waals surface area contributed by atoms with Crippen molar-refractivity contribution in [2.45, 2.75) is 38.2 Å². The number of anilines is 1. The molecule has 0 aliphatic carbocycles. The molecule has 2 aromatic carbocycles. The van der Waals surface area contributed by atoms with E-state index in [-0.39, 0.29) is 23.6 Å². The van der Waals surface area contributed by atoms with Crippen molar-refractivity contribution >= 4 is 29.3 Å². The monoisotopic (exact) mass is 525 g/mol. The van der Waals surface area contributed by atoms with E-state index in [1.807, 2.05) is 26.0 Å². The first-order valence-electron chi connectivity index (χ1n) is 11.3.